The van der Waals surface area contributed by atoms with Gasteiger partial charge in [0.05, 0.1) is 5.92 Å². The summed E-state index contributed by atoms with van der Waals surface area (Å²) >= 11 is 0. The van der Waals surface area contributed by atoms with Gasteiger partial charge in [-0.3, -0.25) is 4.79 Å². The van der Waals surface area contributed by atoms with Crippen LogP contribution in [0, 0.1) is 17.8 Å². The highest BCUT2D eigenvalue weighted by atomic mass is 16.5. The molecule has 1 aliphatic carbocycles. The van der Waals surface area contributed by atoms with Crippen LogP contribution in [0.4, 0.5) is 4.79 Å². The van der Waals surface area contributed by atoms with Gasteiger partial charge in [0.1, 0.15) is 6.61 Å². The Balaban J connectivity index is 1.70. The number of aliphatic carboxylic acids is 1. The number of rotatable bonds is 7. The summed E-state index contributed by atoms with van der Waals surface area (Å²) in [5.41, 5.74) is 0.897. The molecule has 21 heavy (non-hydrogen) atoms. The number of hydrogen-bond acceptors (Lipinski definition) is 3. The molecule has 114 valence electrons. The Hall–Kier alpha value is -2.04. The molecule has 2 N–H and O–H groups in total. The maximum atomic E-state index is 11.6. The molecule has 0 spiro atoms. The SMILES string of the molecule is CC1CC1CC(CNC(=O)OCc1ccccc1)C(=O)O. The van der Waals surface area contributed by atoms with E-state index < -0.39 is 18.0 Å². The van der Waals surface area contributed by atoms with Gasteiger partial charge in [-0.25, -0.2) is 4.79 Å². The van der Waals surface area contributed by atoms with Crippen LogP contribution in [-0.4, -0.2) is 23.7 Å². The highest BCUT2D eigenvalue weighted by Crippen LogP contribution is 2.42. The molecule has 5 heteroatoms. The molecule has 1 aromatic rings. The third-order valence-electron chi connectivity index (χ3n) is 3.92. The minimum atomic E-state index is -0.863. The van der Waals surface area contributed by atoms with Crippen molar-refractivity contribution in [2.45, 2.75) is 26.4 Å². The highest BCUT2D eigenvalue weighted by molar-refractivity contribution is 5.72. The van der Waals surface area contributed by atoms with E-state index in [1.54, 1.807) is 0 Å². The van der Waals surface area contributed by atoms with Crippen molar-refractivity contribution in [1.82, 2.24) is 5.32 Å². The monoisotopic (exact) mass is 291 g/mol. The Morgan fingerprint density at radius 1 is 1.38 bits per heavy atom. The second-order valence-corrected chi connectivity index (χ2v) is 5.69. The molecule has 3 unspecified atom stereocenters. The third kappa shape index (κ3) is 5.10. The Morgan fingerprint density at radius 2 is 2.05 bits per heavy atom. The Labute approximate surface area is 124 Å². The fourth-order valence-corrected chi connectivity index (χ4v) is 2.35. The van der Waals surface area contributed by atoms with Crippen LogP contribution in [0.3, 0.4) is 0 Å². The van der Waals surface area contributed by atoms with Gasteiger partial charge in [0.25, 0.3) is 0 Å². The fraction of sp³-hybridized carbons (Fsp3) is 0.500. The van der Waals surface area contributed by atoms with Crippen molar-refractivity contribution in [1.29, 1.82) is 0 Å². The molecule has 2 rings (SSSR count). The summed E-state index contributed by atoms with van der Waals surface area (Å²) in [7, 11) is 0. The van der Waals surface area contributed by atoms with Gasteiger partial charge in [0.2, 0.25) is 0 Å². The van der Waals surface area contributed by atoms with E-state index in [1.807, 2.05) is 30.3 Å². The molecular weight excluding hydrogens is 270 g/mol. The van der Waals surface area contributed by atoms with Crippen LogP contribution in [-0.2, 0) is 16.1 Å². The first-order valence-corrected chi connectivity index (χ1v) is 7.23. The first-order chi connectivity index (χ1) is 10.1. The molecule has 1 fully saturated rings. The molecule has 1 aromatic carbocycles. The number of amides is 1. The predicted molar refractivity (Wildman–Crippen MR) is 77.6 cm³/mol. The van der Waals surface area contributed by atoms with E-state index in [0.717, 1.165) is 12.0 Å². The first kappa shape index (κ1) is 15.4. The average Bonchev–Trinajstić information content (AvgIpc) is 3.17. The smallest absolute Gasteiger partial charge is 0.407 e. The number of carboxylic acids is 1. The summed E-state index contributed by atoms with van der Waals surface area (Å²) in [6.07, 6.45) is 1.13. The molecule has 1 saturated carbocycles. The topological polar surface area (TPSA) is 75.6 Å². The van der Waals surface area contributed by atoms with E-state index in [2.05, 4.69) is 12.2 Å². The van der Waals surface area contributed by atoms with Crippen molar-refractivity contribution in [3.05, 3.63) is 35.9 Å². The van der Waals surface area contributed by atoms with Gasteiger partial charge in [-0.2, -0.15) is 0 Å². The Bertz CT molecular complexity index is 488. The minimum Gasteiger partial charge on any atom is -0.481 e. The Kier molecular flexibility index (Phi) is 5.20. The van der Waals surface area contributed by atoms with Gasteiger partial charge < -0.3 is 15.2 Å². The molecule has 0 radical (unpaired) electrons. The molecule has 0 aromatic heterocycles. The lowest BCUT2D eigenvalue weighted by molar-refractivity contribution is -0.141. The van der Waals surface area contributed by atoms with Crippen molar-refractivity contribution in [3.63, 3.8) is 0 Å². The molecule has 3 atom stereocenters. The molecule has 5 nitrogen and oxygen atoms in total. The van der Waals surface area contributed by atoms with E-state index in [9.17, 15) is 9.59 Å². The van der Waals surface area contributed by atoms with Gasteiger partial charge in [-0.15, -0.1) is 0 Å². The van der Waals surface area contributed by atoms with E-state index in [4.69, 9.17) is 9.84 Å². The van der Waals surface area contributed by atoms with Crippen LogP contribution < -0.4 is 5.32 Å². The molecule has 1 aliphatic rings. The average molecular weight is 291 g/mol. The number of carbonyl (C=O) groups is 2. The van der Waals surface area contributed by atoms with Crippen molar-refractivity contribution in [3.8, 4) is 0 Å². The minimum absolute atomic E-state index is 0.117. The van der Waals surface area contributed by atoms with Crippen LogP contribution in [0.15, 0.2) is 30.3 Å². The van der Waals surface area contributed by atoms with Crippen molar-refractivity contribution in [2.24, 2.45) is 17.8 Å². The zero-order valence-electron chi connectivity index (χ0n) is 12.1. The summed E-state index contributed by atoms with van der Waals surface area (Å²) in [6, 6.07) is 9.35. The number of hydrogen-bond donors (Lipinski definition) is 2. The standard InChI is InChI=1S/C16H21NO4/c1-11-7-13(11)8-14(15(18)19)9-17-16(20)21-10-12-5-3-2-4-6-12/h2-6,11,13-14H,7-10H2,1H3,(H,17,20)(H,18,19). The second-order valence-electron chi connectivity index (χ2n) is 5.69. The number of carbonyl (C=O) groups excluding carboxylic acids is 1. The third-order valence-corrected chi connectivity index (χ3v) is 3.92. The maximum Gasteiger partial charge on any atom is 0.407 e. The maximum absolute atomic E-state index is 11.6. The lowest BCUT2D eigenvalue weighted by atomic mass is 10.0. The van der Waals surface area contributed by atoms with E-state index >= 15 is 0 Å². The summed E-state index contributed by atoms with van der Waals surface area (Å²) in [5.74, 6) is -0.313. The summed E-state index contributed by atoms with van der Waals surface area (Å²) in [4.78, 5) is 22.8. The summed E-state index contributed by atoms with van der Waals surface area (Å²) in [6.45, 7) is 2.42. The second kappa shape index (κ2) is 7.11. The molecular formula is C16H21NO4. The number of benzene rings is 1. The quantitative estimate of drug-likeness (QED) is 0.810. The number of carboxylic acid groups (broad SMARTS) is 1. The molecule has 0 aliphatic heterocycles. The van der Waals surface area contributed by atoms with Crippen molar-refractivity contribution < 1.29 is 19.4 Å². The van der Waals surface area contributed by atoms with Crippen LogP contribution in [0.5, 0.6) is 0 Å². The lowest BCUT2D eigenvalue weighted by Crippen LogP contribution is -2.33. The van der Waals surface area contributed by atoms with Gasteiger partial charge >= 0.3 is 12.1 Å². The van der Waals surface area contributed by atoms with Crippen LogP contribution in [0.25, 0.3) is 0 Å². The van der Waals surface area contributed by atoms with Crippen molar-refractivity contribution in [2.75, 3.05) is 6.54 Å². The lowest BCUT2D eigenvalue weighted by Gasteiger charge is -2.13. The fourth-order valence-electron chi connectivity index (χ4n) is 2.35. The van der Waals surface area contributed by atoms with E-state index in [-0.39, 0.29) is 13.2 Å². The predicted octanol–water partition coefficient (Wildman–Crippen LogP) is 2.66. The zero-order chi connectivity index (χ0) is 15.2. The van der Waals surface area contributed by atoms with E-state index in [0.29, 0.717) is 18.3 Å². The molecule has 0 saturated heterocycles. The van der Waals surface area contributed by atoms with Gasteiger partial charge in [-0.05, 0) is 30.2 Å². The Morgan fingerprint density at radius 3 is 2.62 bits per heavy atom. The summed E-state index contributed by atoms with van der Waals surface area (Å²) in [5, 5.41) is 11.7. The van der Waals surface area contributed by atoms with Gasteiger partial charge in [0.15, 0.2) is 0 Å². The molecule has 0 heterocycles. The van der Waals surface area contributed by atoms with E-state index in [1.165, 1.54) is 0 Å². The van der Waals surface area contributed by atoms with Crippen LogP contribution in [0.1, 0.15) is 25.3 Å². The molecule has 0 bridgehead atoms. The van der Waals surface area contributed by atoms with Gasteiger partial charge in [-0.1, -0.05) is 37.3 Å². The number of alkyl carbamates (subject to hydrolysis) is 1. The van der Waals surface area contributed by atoms with Gasteiger partial charge in [0, 0.05) is 6.54 Å². The number of ether oxygens (including phenoxy) is 1. The highest BCUT2D eigenvalue weighted by Gasteiger charge is 2.36. The summed E-state index contributed by atoms with van der Waals surface area (Å²) < 4.78 is 5.06. The number of nitrogens with one attached hydrogen (secondary N) is 1. The first-order valence-electron chi connectivity index (χ1n) is 7.23. The van der Waals surface area contributed by atoms with Crippen LogP contribution >= 0.6 is 0 Å². The van der Waals surface area contributed by atoms with Crippen LogP contribution in [0.2, 0.25) is 0 Å². The largest absolute Gasteiger partial charge is 0.481 e. The van der Waals surface area contributed by atoms with Crippen molar-refractivity contribution >= 4 is 12.1 Å². The normalized spacial score (nSPS) is 21.4. The molecule has 1 amide bonds. The zero-order valence-corrected chi connectivity index (χ0v) is 12.1.